The van der Waals surface area contributed by atoms with Crippen molar-refractivity contribution in [2.45, 2.75) is 19.9 Å². The van der Waals surface area contributed by atoms with Gasteiger partial charge in [0, 0.05) is 25.0 Å². The highest BCUT2D eigenvalue weighted by Crippen LogP contribution is 2.29. The van der Waals surface area contributed by atoms with E-state index in [1.54, 1.807) is 0 Å². The van der Waals surface area contributed by atoms with E-state index in [0.717, 1.165) is 19.6 Å². The van der Waals surface area contributed by atoms with Crippen molar-refractivity contribution in [3.63, 3.8) is 0 Å². The number of rotatable bonds is 3. The number of hydrogen-bond donors (Lipinski definition) is 1. The molecule has 1 unspecified atom stereocenters. The van der Waals surface area contributed by atoms with E-state index in [2.05, 4.69) is 41.2 Å². The average Bonchev–Trinajstić information content (AvgIpc) is 2.81. The second-order valence-electron chi connectivity index (χ2n) is 5.39. The maximum atomic E-state index is 5.64. The summed E-state index contributed by atoms with van der Waals surface area (Å²) in [5.74, 6) is 1.30. The molecule has 4 nitrogen and oxygen atoms in total. The van der Waals surface area contributed by atoms with Gasteiger partial charge in [-0.25, -0.2) is 0 Å². The van der Waals surface area contributed by atoms with Crippen LogP contribution in [0.1, 0.15) is 12.5 Å². The van der Waals surface area contributed by atoms with Crippen molar-refractivity contribution < 1.29 is 0 Å². The fourth-order valence-electron chi connectivity index (χ4n) is 2.84. The Labute approximate surface area is 113 Å². The number of nitrogens with zero attached hydrogens (tertiary/aromatic N) is 3. The van der Waals surface area contributed by atoms with Gasteiger partial charge in [0.2, 0.25) is 0 Å². The largest absolute Gasteiger partial charge is 0.382 e. The molecule has 1 aliphatic rings. The molecule has 0 amide bonds. The first-order valence-corrected chi connectivity index (χ1v) is 6.84. The topological polar surface area (TPSA) is 47.1 Å². The van der Waals surface area contributed by atoms with E-state index in [4.69, 9.17) is 5.73 Å². The summed E-state index contributed by atoms with van der Waals surface area (Å²) < 4.78 is 1.91. The van der Waals surface area contributed by atoms with Crippen molar-refractivity contribution in [3.8, 4) is 0 Å². The molecule has 2 aromatic rings. The van der Waals surface area contributed by atoms with Crippen LogP contribution in [0.4, 0.5) is 11.5 Å². The Morgan fingerprint density at radius 2 is 2.11 bits per heavy atom. The minimum absolute atomic E-state index is 0.590. The lowest BCUT2D eigenvalue weighted by Gasteiger charge is -2.34. The number of anilines is 2. The second-order valence-corrected chi connectivity index (χ2v) is 5.39. The van der Waals surface area contributed by atoms with Gasteiger partial charge in [-0.05, 0) is 30.0 Å². The van der Waals surface area contributed by atoms with E-state index in [1.807, 2.05) is 16.9 Å². The molecule has 100 valence electrons. The molecule has 3 rings (SSSR count). The normalized spacial score (nSPS) is 18.4. The third kappa shape index (κ3) is 2.57. The predicted molar refractivity (Wildman–Crippen MR) is 78.2 cm³/mol. The number of fused-ring (bicyclic) bond motifs is 1. The fourth-order valence-corrected chi connectivity index (χ4v) is 2.84. The molecular weight excluding hydrogens is 236 g/mol. The monoisotopic (exact) mass is 256 g/mol. The molecule has 2 N–H and O–H groups in total. The van der Waals surface area contributed by atoms with Crippen LogP contribution in [0.2, 0.25) is 0 Å². The molecule has 1 aromatic carbocycles. The van der Waals surface area contributed by atoms with E-state index in [0.29, 0.717) is 11.7 Å². The molecule has 0 saturated heterocycles. The molecule has 0 aliphatic carbocycles. The van der Waals surface area contributed by atoms with Crippen LogP contribution in [0.25, 0.3) is 0 Å². The Bertz CT molecular complexity index is 561. The minimum atomic E-state index is 0.590. The van der Waals surface area contributed by atoms with E-state index in [9.17, 15) is 0 Å². The summed E-state index contributed by atoms with van der Waals surface area (Å²) in [6.07, 6.45) is 3.12. The van der Waals surface area contributed by atoms with Crippen molar-refractivity contribution >= 4 is 11.5 Å². The van der Waals surface area contributed by atoms with Crippen LogP contribution in [-0.2, 0) is 13.0 Å². The van der Waals surface area contributed by atoms with Gasteiger partial charge in [0.15, 0.2) is 0 Å². The molecule has 2 heterocycles. The molecular formula is C15H20N4. The Morgan fingerprint density at radius 1 is 1.26 bits per heavy atom. The summed E-state index contributed by atoms with van der Waals surface area (Å²) in [5, 5.41) is 4.24. The first-order chi connectivity index (χ1) is 9.22. The lowest BCUT2D eigenvalue weighted by molar-refractivity contribution is 0.507. The van der Waals surface area contributed by atoms with Crippen LogP contribution in [0.15, 0.2) is 36.5 Å². The zero-order chi connectivity index (χ0) is 13.2. The minimum Gasteiger partial charge on any atom is -0.382 e. The van der Waals surface area contributed by atoms with Gasteiger partial charge >= 0.3 is 0 Å². The van der Waals surface area contributed by atoms with E-state index in [-0.39, 0.29) is 0 Å². The van der Waals surface area contributed by atoms with Crippen molar-refractivity contribution in [1.29, 1.82) is 0 Å². The molecule has 0 bridgehead atoms. The van der Waals surface area contributed by atoms with Crippen molar-refractivity contribution in [2.24, 2.45) is 5.92 Å². The van der Waals surface area contributed by atoms with Crippen molar-refractivity contribution in [1.82, 2.24) is 9.78 Å². The third-order valence-corrected chi connectivity index (χ3v) is 3.69. The van der Waals surface area contributed by atoms with Crippen LogP contribution < -0.4 is 10.6 Å². The van der Waals surface area contributed by atoms with Crippen LogP contribution in [-0.4, -0.2) is 22.9 Å². The second kappa shape index (κ2) is 4.96. The van der Waals surface area contributed by atoms with Gasteiger partial charge in [0.25, 0.3) is 0 Å². The summed E-state index contributed by atoms with van der Waals surface area (Å²) in [7, 11) is 0. The van der Waals surface area contributed by atoms with Gasteiger partial charge in [0.05, 0.1) is 6.54 Å². The van der Waals surface area contributed by atoms with E-state index in [1.165, 1.54) is 17.7 Å². The summed E-state index contributed by atoms with van der Waals surface area (Å²) >= 11 is 0. The van der Waals surface area contributed by atoms with Gasteiger partial charge in [-0.1, -0.05) is 25.1 Å². The summed E-state index contributed by atoms with van der Waals surface area (Å²) in [4.78, 5) is 2.46. The van der Waals surface area contributed by atoms with Crippen LogP contribution in [0.5, 0.6) is 0 Å². The number of benzene rings is 1. The summed E-state index contributed by atoms with van der Waals surface area (Å²) in [6, 6.07) is 10.5. The maximum Gasteiger partial charge on any atom is 0.145 e. The highest BCUT2D eigenvalue weighted by atomic mass is 15.3. The molecule has 0 fully saturated rings. The Kier molecular flexibility index (Phi) is 3.15. The third-order valence-electron chi connectivity index (χ3n) is 3.69. The fraction of sp³-hybridized carbons (Fsp3) is 0.400. The average molecular weight is 256 g/mol. The summed E-state index contributed by atoms with van der Waals surface area (Å²) in [6.45, 7) is 5.28. The molecule has 0 spiro atoms. The van der Waals surface area contributed by atoms with Gasteiger partial charge in [-0.2, -0.15) is 5.10 Å². The highest BCUT2D eigenvalue weighted by Gasteiger charge is 2.20. The van der Waals surface area contributed by atoms with Gasteiger partial charge in [-0.3, -0.25) is 4.68 Å². The Balaban J connectivity index is 1.74. The lowest BCUT2D eigenvalue weighted by atomic mass is 9.94. The van der Waals surface area contributed by atoms with E-state index < -0.39 is 0 Å². The molecule has 4 heteroatoms. The summed E-state index contributed by atoms with van der Waals surface area (Å²) in [5.41, 5.74) is 8.48. The van der Waals surface area contributed by atoms with E-state index >= 15 is 0 Å². The molecule has 19 heavy (non-hydrogen) atoms. The maximum absolute atomic E-state index is 5.64. The quantitative estimate of drug-likeness (QED) is 0.915. The van der Waals surface area contributed by atoms with Crippen molar-refractivity contribution in [2.75, 3.05) is 23.7 Å². The number of hydrogen-bond acceptors (Lipinski definition) is 3. The first kappa shape index (κ1) is 12.1. The molecule has 1 aliphatic heterocycles. The Hall–Kier alpha value is -1.97. The zero-order valence-corrected chi connectivity index (χ0v) is 11.3. The van der Waals surface area contributed by atoms with Crippen LogP contribution in [0, 0.1) is 5.92 Å². The first-order valence-electron chi connectivity index (χ1n) is 6.84. The molecule has 1 aromatic heterocycles. The molecule has 0 saturated carbocycles. The van der Waals surface area contributed by atoms with Crippen LogP contribution >= 0.6 is 0 Å². The lowest BCUT2D eigenvalue weighted by Crippen LogP contribution is -2.36. The predicted octanol–water partition coefficient (Wildman–Crippen LogP) is 2.16. The highest BCUT2D eigenvalue weighted by molar-refractivity contribution is 5.55. The number of nitrogen functional groups attached to an aromatic ring is 1. The molecule has 1 atom stereocenters. The smallest absolute Gasteiger partial charge is 0.145 e. The number of aromatic nitrogens is 2. The SMILES string of the molecule is CC1Cc2ccccc2N(CCn2ccc(N)n2)C1. The van der Waals surface area contributed by atoms with Crippen molar-refractivity contribution in [3.05, 3.63) is 42.1 Å². The number of nitrogens with two attached hydrogens (primary N) is 1. The Morgan fingerprint density at radius 3 is 2.89 bits per heavy atom. The van der Waals surface area contributed by atoms with Gasteiger partial charge in [0.1, 0.15) is 5.82 Å². The zero-order valence-electron chi connectivity index (χ0n) is 11.3. The number of para-hydroxylation sites is 1. The molecule has 0 radical (unpaired) electrons. The van der Waals surface area contributed by atoms with Gasteiger partial charge < -0.3 is 10.6 Å². The van der Waals surface area contributed by atoms with Gasteiger partial charge in [-0.15, -0.1) is 0 Å². The standard InChI is InChI=1S/C15H20N4/c1-12-10-13-4-2-3-5-14(13)18(11-12)8-9-19-7-6-15(16)17-19/h2-7,12H,8-11H2,1H3,(H2,16,17). The van der Waals surface area contributed by atoms with Crippen LogP contribution in [0.3, 0.4) is 0 Å².